The van der Waals surface area contributed by atoms with E-state index in [-0.39, 0.29) is 5.91 Å². The first kappa shape index (κ1) is 12.0. The van der Waals surface area contributed by atoms with Crippen molar-refractivity contribution >= 4 is 11.6 Å². The molecule has 3 N–H and O–H groups in total. The molecule has 0 saturated heterocycles. The van der Waals surface area contributed by atoms with Crippen molar-refractivity contribution in [3.63, 3.8) is 0 Å². The maximum Gasteiger partial charge on any atom is 0.253 e. The smallest absolute Gasteiger partial charge is 0.253 e. The molecular formula is C14H20N2O. The van der Waals surface area contributed by atoms with Gasteiger partial charge in [-0.2, -0.15) is 0 Å². The van der Waals surface area contributed by atoms with Crippen LogP contribution in [-0.4, -0.2) is 11.9 Å². The molecule has 0 spiro atoms. The molecular weight excluding hydrogens is 212 g/mol. The number of hydrogen-bond donors (Lipinski definition) is 2. The molecule has 0 aliphatic heterocycles. The van der Waals surface area contributed by atoms with E-state index in [2.05, 4.69) is 5.32 Å². The molecule has 2 rings (SSSR count). The van der Waals surface area contributed by atoms with Crippen molar-refractivity contribution in [1.29, 1.82) is 0 Å². The quantitative estimate of drug-likeness (QED) is 0.770. The summed E-state index contributed by atoms with van der Waals surface area (Å²) in [5, 5.41) is 3.08. The van der Waals surface area contributed by atoms with E-state index in [1.165, 1.54) is 19.3 Å². The van der Waals surface area contributed by atoms with Gasteiger partial charge in [0.1, 0.15) is 0 Å². The summed E-state index contributed by atoms with van der Waals surface area (Å²) in [6.07, 6.45) is 5.91. The number of benzene rings is 1. The van der Waals surface area contributed by atoms with Crippen LogP contribution in [0.3, 0.4) is 0 Å². The number of aryl methyl sites for hydroxylation is 1. The second-order valence-electron chi connectivity index (χ2n) is 4.90. The Morgan fingerprint density at radius 3 is 2.71 bits per heavy atom. The molecule has 0 heterocycles. The number of carbonyl (C=O) groups is 1. The van der Waals surface area contributed by atoms with Crippen LogP contribution in [0.4, 0.5) is 5.69 Å². The number of carbonyl (C=O) groups excluding carboxylic acids is 1. The molecule has 1 amide bonds. The van der Waals surface area contributed by atoms with E-state index in [0.29, 0.717) is 17.3 Å². The summed E-state index contributed by atoms with van der Waals surface area (Å²) in [6.45, 7) is 1.97. The van der Waals surface area contributed by atoms with E-state index in [0.717, 1.165) is 18.4 Å². The van der Waals surface area contributed by atoms with Gasteiger partial charge in [-0.05, 0) is 31.9 Å². The normalized spacial score (nSPS) is 16.8. The van der Waals surface area contributed by atoms with Crippen molar-refractivity contribution in [3.05, 3.63) is 29.3 Å². The van der Waals surface area contributed by atoms with Gasteiger partial charge in [0.15, 0.2) is 0 Å². The Bertz CT molecular complexity index is 409. The standard InChI is InChI=1S/C14H20N2O/c1-10-7-8-13(15)12(9-10)14(17)16-11-5-3-2-4-6-11/h7-9,11H,2-6,15H2,1H3,(H,16,17). The van der Waals surface area contributed by atoms with Crippen LogP contribution in [0.25, 0.3) is 0 Å². The van der Waals surface area contributed by atoms with Crippen molar-refractivity contribution in [2.24, 2.45) is 0 Å². The van der Waals surface area contributed by atoms with Crippen LogP contribution < -0.4 is 11.1 Å². The van der Waals surface area contributed by atoms with E-state index in [1.807, 2.05) is 19.1 Å². The summed E-state index contributed by atoms with van der Waals surface area (Å²) < 4.78 is 0. The molecule has 0 atom stereocenters. The Balaban J connectivity index is 2.05. The van der Waals surface area contributed by atoms with E-state index in [1.54, 1.807) is 6.07 Å². The first-order chi connectivity index (χ1) is 8.16. The zero-order valence-electron chi connectivity index (χ0n) is 10.3. The number of hydrogen-bond acceptors (Lipinski definition) is 2. The Labute approximate surface area is 102 Å². The van der Waals surface area contributed by atoms with Crippen molar-refractivity contribution in [2.45, 2.75) is 45.1 Å². The topological polar surface area (TPSA) is 55.1 Å². The second kappa shape index (κ2) is 5.21. The molecule has 3 heteroatoms. The van der Waals surface area contributed by atoms with E-state index in [9.17, 15) is 4.79 Å². The van der Waals surface area contributed by atoms with Crippen LogP contribution in [0.1, 0.15) is 48.0 Å². The maximum atomic E-state index is 12.1. The number of anilines is 1. The highest BCUT2D eigenvalue weighted by molar-refractivity contribution is 5.99. The minimum Gasteiger partial charge on any atom is -0.398 e. The fourth-order valence-corrected chi connectivity index (χ4v) is 2.38. The first-order valence-corrected chi connectivity index (χ1v) is 6.34. The Morgan fingerprint density at radius 2 is 2.00 bits per heavy atom. The predicted molar refractivity (Wildman–Crippen MR) is 69.9 cm³/mol. The van der Waals surface area contributed by atoms with Gasteiger partial charge in [-0.15, -0.1) is 0 Å². The van der Waals surface area contributed by atoms with Gasteiger partial charge in [0.2, 0.25) is 0 Å². The SMILES string of the molecule is Cc1ccc(N)c(C(=O)NC2CCCCC2)c1. The highest BCUT2D eigenvalue weighted by Gasteiger charge is 2.17. The number of nitrogens with two attached hydrogens (primary N) is 1. The maximum absolute atomic E-state index is 12.1. The minimum atomic E-state index is -0.0295. The molecule has 92 valence electrons. The van der Waals surface area contributed by atoms with Crippen LogP contribution in [0.5, 0.6) is 0 Å². The van der Waals surface area contributed by atoms with Crippen LogP contribution in [0.15, 0.2) is 18.2 Å². The average Bonchev–Trinajstić information content (AvgIpc) is 2.33. The van der Waals surface area contributed by atoms with Gasteiger partial charge in [0.05, 0.1) is 5.56 Å². The molecule has 3 nitrogen and oxygen atoms in total. The summed E-state index contributed by atoms with van der Waals surface area (Å²) in [5.41, 5.74) is 8.06. The molecule has 1 saturated carbocycles. The lowest BCUT2D eigenvalue weighted by molar-refractivity contribution is 0.0928. The highest BCUT2D eigenvalue weighted by Crippen LogP contribution is 2.19. The van der Waals surface area contributed by atoms with Gasteiger partial charge in [0, 0.05) is 11.7 Å². The average molecular weight is 232 g/mol. The summed E-state index contributed by atoms with van der Waals surface area (Å²) in [4.78, 5) is 12.1. The largest absolute Gasteiger partial charge is 0.398 e. The number of amides is 1. The van der Waals surface area contributed by atoms with Gasteiger partial charge < -0.3 is 11.1 Å². The zero-order chi connectivity index (χ0) is 12.3. The van der Waals surface area contributed by atoms with E-state index >= 15 is 0 Å². The molecule has 1 aromatic carbocycles. The monoisotopic (exact) mass is 232 g/mol. The molecule has 1 aromatic rings. The first-order valence-electron chi connectivity index (χ1n) is 6.34. The van der Waals surface area contributed by atoms with Gasteiger partial charge in [-0.3, -0.25) is 4.79 Å². The molecule has 1 aliphatic rings. The van der Waals surface area contributed by atoms with E-state index in [4.69, 9.17) is 5.73 Å². The molecule has 0 radical (unpaired) electrons. The van der Waals surface area contributed by atoms with Gasteiger partial charge >= 0.3 is 0 Å². The third-order valence-corrected chi connectivity index (χ3v) is 3.39. The van der Waals surface area contributed by atoms with Gasteiger partial charge in [0.25, 0.3) is 5.91 Å². The lowest BCUT2D eigenvalue weighted by Crippen LogP contribution is -2.36. The Morgan fingerprint density at radius 1 is 1.29 bits per heavy atom. The lowest BCUT2D eigenvalue weighted by Gasteiger charge is -2.23. The lowest BCUT2D eigenvalue weighted by atomic mass is 9.95. The molecule has 1 fully saturated rings. The van der Waals surface area contributed by atoms with Crippen LogP contribution in [-0.2, 0) is 0 Å². The van der Waals surface area contributed by atoms with Crippen molar-refractivity contribution in [1.82, 2.24) is 5.32 Å². The van der Waals surface area contributed by atoms with Crippen LogP contribution >= 0.6 is 0 Å². The molecule has 1 aliphatic carbocycles. The summed E-state index contributed by atoms with van der Waals surface area (Å²) >= 11 is 0. The van der Waals surface area contributed by atoms with E-state index < -0.39 is 0 Å². The van der Waals surface area contributed by atoms with Crippen molar-refractivity contribution in [2.75, 3.05) is 5.73 Å². The number of rotatable bonds is 2. The number of nitrogen functional groups attached to an aromatic ring is 1. The Hall–Kier alpha value is -1.51. The third-order valence-electron chi connectivity index (χ3n) is 3.39. The summed E-state index contributed by atoms with van der Waals surface area (Å²) in [6, 6.07) is 5.90. The molecule has 17 heavy (non-hydrogen) atoms. The predicted octanol–water partition coefficient (Wildman–Crippen LogP) is 2.64. The van der Waals surface area contributed by atoms with Crippen molar-refractivity contribution < 1.29 is 4.79 Å². The molecule has 0 unspecified atom stereocenters. The highest BCUT2D eigenvalue weighted by atomic mass is 16.1. The number of nitrogens with one attached hydrogen (secondary N) is 1. The zero-order valence-corrected chi connectivity index (χ0v) is 10.3. The fourth-order valence-electron chi connectivity index (χ4n) is 2.38. The van der Waals surface area contributed by atoms with Crippen LogP contribution in [0, 0.1) is 6.92 Å². The molecule has 0 bridgehead atoms. The summed E-state index contributed by atoms with van der Waals surface area (Å²) in [5.74, 6) is -0.0295. The van der Waals surface area contributed by atoms with Crippen molar-refractivity contribution in [3.8, 4) is 0 Å². The van der Waals surface area contributed by atoms with Gasteiger partial charge in [-0.1, -0.05) is 30.9 Å². The Kier molecular flexibility index (Phi) is 3.67. The minimum absolute atomic E-state index is 0.0295. The van der Waals surface area contributed by atoms with Gasteiger partial charge in [-0.25, -0.2) is 0 Å². The molecule has 0 aromatic heterocycles. The van der Waals surface area contributed by atoms with Crippen LogP contribution in [0.2, 0.25) is 0 Å². The summed E-state index contributed by atoms with van der Waals surface area (Å²) in [7, 11) is 0. The fraction of sp³-hybridized carbons (Fsp3) is 0.500. The third kappa shape index (κ3) is 2.99. The second-order valence-corrected chi connectivity index (χ2v) is 4.90.